The zero-order valence-corrected chi connectivity index (χ0v) is 11.3. The summed E-state index contributed by atoms with van der Waals surface area (Å²) < 4.78 is 5.18. The van der Waals surface area contributed by atoms with E-state index in [1.807, 2.05) is 30.3 Å². The predicted molar refractivity (Wildman–Crippen MR) is 71.5 cm³/mol. The van der Waals surface area contributed by atoms with Gasteiger partial charge in [-0.05, 0) is 26.3 Å². The molecule has 1 rings (SSSR count). The highest BCUT2D eigenvalue weighted by Gasteiger charge is 2.20. The number of carbonyl (C=O) groups is 1. The van der Waals surface area contributed by atoms with Gasteiger partial charge in [0.2, 0.25) is 6.08 Å². The van der Waals surface area contributed by atoms with Crippen molar-refractivity contribution >= 4 is 12.2 Å². The largest absolute Gasteiger partial charge is 0.444 e. The fourth-order valence-corrected chi connectivity index (χ4v) is 1.50. The first-order valence-corrected chi connectivity index (χ1v) is 6.00. The summed E-state index contributed by atoms with van der Waals surface area (Å²) in [6, 6.07) is 8.87. The molecular formula is C14H18N2O3. The van der Waals surface area contributed by atoms with Gasteiger partial charge < -0.3 is 10.1 Å². The van der Waals surface area contributed by atoms with E-state index in [1.165, 1.54) is 6.08 Å². The molecule has 0 aliphatic heterocycles. The number of isocyanates is 1. The van der Waals surface area contributed by atoms with Gasteiger partial charge in [0.1, 0.15) is 5.60 Å². The first kappa shape index (κ1) is 14.9. The minimum Gasteiger partial charge on any atom is -0.444 e. The lowest BCUT2D eigenvalue weighted by atomic mass is 10.1. The van der Waals surface area contributed by atoms with Crippen LogP contribution in [0.1, 0.15) is 32.4 Å². The molecule has 5 nitrogen and oxygen atoms in total. The Morgan fingerprint density at radius 2 is 2.00 bits per heavy atom. The van der Waals surface area contributed by atoms with Crippen molar-refractivity contribution in [1.29, 1.82) is 0 Å². The lowest BCUT2D eigenvalue weighted by molar-refractivity contribution is 0.0505. The Morgan fingerprint density at radius 3 is 2.53 bits per heavy atom. The van der Waals surface area contributed by atoms with Crippen LogP contribution in [-0.2, 0) is 9.53 Å². The number of benzene rings is 1. The van der Waals surface area contributed by atoms with Gasteiger partial charge in [-0.1, -0.05) is 30.3 Å². The predicted octanol–water partition coefficient (Wildman–Crippen LogP) is 2.59. The van der Waals surface area contributed by atoms with Crippen LogP contribution in [0.25, 0.3) is 0 Å². The Morgan fingerprint density at radius 1 is 1.37 bits per heavy atom. The van der Waals surface area contributed by atoms with Crippen LogP contribution in [0.3, 0.4) is 0 Å². The van der Waals surface area contributed by atoms with Gasteiger partial charge in [0.05, 0.1) is 12.6 Å². The Bertz CT molecular complexity index is 459. The molecule has 1 amide bonds. The van der Waals surface area contributed by atoms with E-state index in [0.29, 0.717) is 0 Å². The van der Waals surface area contributed by atoms with Crippen molar-refractivity contribution in [2.24, 2.45) is 4.99 Å². The standard InChI is InChI=1S/C14H18N2O3/c1-14(2,3)19-13(18)16-12(9-15-10-17)11-7-5-4-6-8-11/h4-8,12H,9H2,1-3H3,(H,16,18). The van der Waals surface area contributed by atoms with Gasteiger partial charge in [-0.25, -0.2) is 14.6 Å². The number of nitrogens with one attached hydrogen (secondary N) is 1. The van der Waals surface area contributed by atoms with E-state index in [0.717, 1.165) is 5.56 Å². The van der Waals surface area contributed by atoms with Crippen LogP contribution in [0.4, 0.5) is 4.79 Å². The number of rotatable bonds is 4. The molecule has 1 N–H and O–H groups in total. The minimum absolute atomic E-state index is 0.132. The van der Waals surface area contributed by atoms with Crippen LogP contribution in [0.2, 0.25) is 0 Å². The molecule has 0 spiro atoms. The van der Waals surface area contributed by atoms with Gasteiger partial charge in [0.15, 0.2) is 0 Å². The second-order valence-corrected chi connectivity index (χ2v) is 5.04. The average molecular weight is 262 g/mol. The van der Waals surface area contributed by atoms with Crippen molar-refractivity contribution in [3.63, 3.8) is 0 Å². The summed E-state index contributed by atoms with van der Waals surface area (Å²) >= 11 is 0. The molecule has 19 heavy (non-hydrogen) atoms. The molecule has 0 saturated heterocycles. The maximum Gasteiger partial charge on any atom is 0.408 e. The van der Waals surface area contributed by atoms with E-state index < -0.39 is 17.7 Å². The number of carbonyl (C=O) groups excluding carboxylic acids is 2. The minimum atomic E-state index is -0.570. The van der Waals surface area contributed by atoms with Gasteiger partial charge >= 0.3 is 6.09 Å². The summed E-state index contributed by atoms with van der Waals surface area (Å²) in [7, 11) is 0. The number of nitrogens with zero attached hydrogens (tertiary/aromatic N) is 1. The molecule has 0 aromatic heterocycles. The smallest absolute Gasteiger partial charge is 0.408 e. The zero-order chi connectivity index (χ0) is 14.3. The van der Waals surface area contributed by atoms with Crippen LogP contribution in [0, 0.1) is 0 Å². The molecule has 0 bridgehead atoms. The molecule has 1 unspecified atom stereocenters. The molecule has 0 fully saturated rings. The second-order valence-electron chi connectivity index (χ2n) is 5.04. The van der Waals surface area contributed by atoms with E-state index in [4.69, 9.17) is 4.74 Å². The quantitative estimate of drug-likeness (QED) is 0.670. The van der Waals surface area contributed by atoms with Crippen molar-refractivity contribution in [3.8, 4) is 0 Å². The molecule has 102 valence electrons. The first-order valence-electron chi connectivity index (χ1n) is 6.00. The summed E-state index contributed by atoms with van der Waals surface area (Å²) in [4.78, 5) is 25.5. The van der Waals surface area contributed by atoms with Crippen LogP contribution in [0.15, 0.2) is 35.3 Å². The van der Waals surface area contributed by atoms with E-state index >= 15 is 0 Å². The van der Waals surface area contributed by atoms with Crippen molar-refractivity contribution in [2.75, 3.05) is 6.54 Å². The molecule has 1 aromatic carbocycles. The summed E-state index contributed by atoms with van der Waals surface area (Å²) in [6.07, 6.45) is 0.933. The summed E-state index contributed by atoms with van der Waals surface area (Å²) in [5.74, 6) is 0. The topological polar surface area (TPSA) is 67.8 Å². The fraction of sp³-hybridized carbons (Fsp3) is 0.429. The normalized spacial score (nSPS) is 12.2. The summed E-state index contributed by atoms with van der Waals surface area (Å²) in [5, 5.41) is 2.69. The van der Waals surface area contributed by atoms with Crippen LogP contribution in [0.5, 0.6) is 0 Å². The van der Waals surface area contributed by atoms with E-state index in [1.54, 1.807) is 20.8 Å². The molecule has 5 heteroatoms. The fourth-order valence-electron chi connectivity index (χ4n) is 1.50. The van der Waals surface area contributed by atoms with Crippen LogP contribution in [-0.4, -0.2) is 24.3 Å². The molecule has 0 saturated carbocycles. The highest BCUT2D eigenvalue weighted by atomic mass is 16.6. The molecule has 1 atom stereocenters. The Kier molecular flexibility index (Phi) is 5.27. The van der Waals surface area contributed by atoms with E-state index in [-0.39, 0.29) is 6.54 Å². The highest BCUT2D eigenvalue weighted by Crippen LogP contribution is 2.14. The monoisotopic (exact) mass is 262 g/mol. The van der Waals surface area contributed by atoms with Crippen LogP contribution < -0.4 is 5.32 Å². The maximum atomic E-state index is 11.7. The molecule has 1 aromatic rings. The molecule has 0 aliphatic carbocycles. The maximum absolute atomic E-state index is 11.7. The molecule has 0 heterocycles. The number of ether oxygens (including phenoxy) is 1. The number of alkyl carbamates (subject to hydrolysis) is 1. The Balaban J connectivity index is 2.76. The first-order chi connectivity index (χ1) is 8.92. The van der Waals surface area contributed by atoms with Gasteiger partial charge in [-0.2, -0.15) is 0 Å². The third kappa shape index (κ3) is 5.84. The van der Waals surface area contributed by atoms with E-state index in [2.05, 4.69) is 10.3 Å². The van der Waals surface area contributed by atoms with Crippen molar-refractivity contribution in [2.45, 2.75) is 32.4 Å². The third-order valence-corrected chi connectivity index (χ3v) is 2.23. The SMILES string of the molecule is CC(C)(C)OC(=O)NC(CN=C=O)c1ccccc1. The highest BCUT2D eigenvalue weighted by molar-refractivity contribution is 5.68. The van der Waals surface area contributed by atoms with E-state index in [9.17, 15) is 9.59 Å². The Hall–Kier alpha value is -2.13. The van der Waals surface area contributed by atoms with Crippen LogP contribution >= 0.6 is 0 Å². The van der Waals surface area contributed by atoms with Gasteiger partial charge in [-0.15, -0.1) is 0 Å². The summed E-state index contributed by atoms with van der Waals surface area (Å²) in [6.45, 7) is 5.49. The number of aliphatic imine (C=N–C) groups is 1. The third-order valence-electron chi connectivity index (χ3n) is 2.23. The van der Waals surface area contributed by atoms with Gasteiger partial charge in [-0.3, -0.25) is 0 Å². The zero-order valence-electron chi connectivity index (χ0n) is 11.3. The number of amides is 1. The molecule has 0 aliphatic rings. The lowest BCUT2D eigenvalue weighted by Crippen LogP contribution is -2.36. The molecular weight excluding hydrogens is 244 g/mol. The van der Waals surface area contributed by atoms with Crippen molar-refractivity contribution < 1.29 is 14.3 Å². The average Bonchev–Trinajstić information content (AvgIpc) is 2.33. The molecule has 0 radical (unpaired) electrons. The summed E-state index contributed by atoms with van der Waals surface area (Å²) in [5.41, 5.74) is 0.284. The van der Waals surface area contributed by atoms with Crippen molar-refractivity contribution in [1.82, 2.24) is 5.32 Å². The number of hydrogen-bond acceptors (Lipinski definition) is 4. The number of hydrogen-bond donors (Lipinski definition) is 1. The van der Waals surface area contributed by atoms with Gasteiger partial charge in [0.25, 0.3) is 0 Å². The Labute approximate surface area is 112 Å². The second kappa shape index (κ2) is 6.71. The van der Waals surface area contributed by atoms with Crippen molar-refractivity contribution in [3.05, 3.63) is 35.9 Å². The van der Waals surface area contributed by atoms with Gasteiger partial charge in [0, 0.05) is 0 Å². The lowest BCUT2D eigenvalue weighted by Gasteiger charge is -2.23.